The second kappa shape index (κ2) is 9.97. The van der Waals surface area contributed by atoms with Crippen molar-refractivity contribution in [3.63, 3.8) is 0 Å². The van der Waals surface area contributed by atoms with Gasteiger partial charge in [0.25, 0.3) is 5.56 Å². The zero-order valence-corrected chi connectivity index (χ0v) is 23.9. The third-order valence-electron chi connectivity index (χ3n) is 9.99. The number of piperazine rings is 1. The van der Waals surface area contributed by atoms with E-state index in [1.165, 1.54) is 4.57 Å². The second-order valence-electron chi connectivity index (χ2n) is 12.7. The van der Waals surface area contributed by atoms with E-state index >= 15 is 0 Å². The molecule has 2 unspecified atom stereocenters. The zero-order valence-electron chi connectivity index (χ0n) is 23.9. The molecule has 6 heterocycles. The fourth-order valence-electron chi connectivity index (χ4n) is 8.05. The first-order valence-corrected chi connectivity index (χ1v) is 15.2. The number of pyridine rings is 2. The van der Waals surface area contributed by atoms with Gasteiger partial charge in [-0.05, 0) is 55.8 Å². The van der Waals surface area contributed by atoms with Gasteiger partial charge < -0.3 is 20.1 Å². The maximum atomic E-state index is 14.5. The van der Waals surface area contributed by atoms with Gasteiger partial charge in [-0.3, -0.25) is 14.3 Å². The minimum Gasteiger partial charge on any atom is -0.508 e. The summed E-state index contributed by atoms with van der Waals surface area (Å²) in [7, 11) is 0. The van der Waals surface area contributed by atoms with E-state index in [1.807, 2.05) is 30.3 Å². The van der Waals surface area contributed by atoms with Crippen LogP contribution in [-0.2, 0) is 0 Å². The predicted molar refractivity (Wildman–Crippen MR) is 165 cm³/mol. The van der Waals surface area contributed by atoms with Gasteiger partial charge >= 0.3 is 0 Å². The molecule has 8 nitrogen and oxygen atoms in total. The van der Waals surface area contributed by atoms with Crippen molar-refractivity contribution in [3.8, 4) is 29.7 Å². The van der Waals surface area contributed by atoms with Crippen molar-refractivity contribution in [2.24, 2.45) is 0 Å². The number of aromatic hydroxyl groups is 1. The summed E-state index contributed by atoms with van der Waals surface area (Å²) in [4.78, 5) is 23.7. The summed E-state index contributed by atoms with van der Waals surface area (Å²) in [5, 5.41) is 16.5. The lowest BCUT2D eigenvalue weighted by Gasteiger charge is -2.35. The molecule has 2 aromatic heterocycles. The Morgan fingerprint density at radius 1 is 1.14 bits per heavy atom. The normalized spacial score (nSPS) is 26.7. The number of halogens is 1. The quantitative estimate of drug-likeness (QED) is 0.344. The summed E-state index contributed by atoms with van der Waals surface area (Å²) in [6, 6.07) is 13.4. The van der Waals surface area contributed by atoms with Crippen LogP contribution in [-0.4, -0.2) is 76.1 Å². The predicted octanol–water partition coefficient (Wildman–Crippen LogP) is 4.12. The number of hydrogen-bond donors (Lipinski definition) is 2. The van der Waals surface area contributed by atoms with Crippen LogP contribution in [0.1, 0.15) is 37.7 Å². The number of nitrogens with one attached hydrogen (secondary N) is 1. The number of terminal acetylenes is 1. The van der Waals surface area contributed by atoms with Crippen molar-refractivity contribution in [2.45, 2.75) is 55.9 Å². The Balaban J connectivity index is 1.27. The molecule has 0 aliphatic carbocycles. The highest BCUT2D eigenvalue weighted by Crippen LogP contribution is 2.41. The molecule has 4 aliphatic rings. The van der Waals surface area contributed by atoms with E-state index in [-0.39, 0.29) is 22.4 Å². The van der Waals surface area contributed by atoms with Crippen molar-refractivity contribution in [2.75, 3.05) is 37.7 Å². The Morgan fingerprint density at radius 3 is 2.79 bits per heavy atom. The van der Waals surface area contributed by atoms with E-state index in [1.54, 1.807) is 18.3 Å². The number of phenolic OH excluding ortho intramolecular Hbond substituents is 1. The van der Waals surface area contributed by atoms with Crippen LogP contribution in [0.4, 0.5) is 10.1 Å². The number of anilines is 1. The largest absolute Gasteiger partial charge is 0.508 e. The van der Waals surface area contributed by atoms with E-state index < -0.39 is 6.17 Å². The molecule has 4 fully saturated rings. The summed E-state index contributed by atoms with van der Waals surface area (Å²) >= 11 is 0. The van der Waals surface area contributed by atoms with Crippen molar-refractivity contribution >= 4 is 27.4 Å². The van der Waals surface area contributed by atoms with E-state index in [4.69, 9.17) is 16.1 Å². The highest BCUT2D eigenvalue weighted by atomic mass is 19.1. The van der Waals surface area contributed by atoms with Gasteiger partial charge in [0.15, 0.2) is 0 Å². The third-order valence-corrected chi connectivity index (χ3v) is 9.99. The van der Waals surface area contributed by atoms with E-state index in [0.717, 1.165) is 61.8 Å². The van der Waals surface area contributed by atoms with Gasteiger partial charge in [0.05, 0.1) is 16.9 Å². The van der Waals surface area contributed by atoms with Crippen molar-refractivity contribution in [1.82, 2.24) is 19.8 Å². The molecule has 4 aromatic rings. The van der Waals surface area contributed by atoms with E-state index in [2.05, 4.69) is 21.0 Å². The molecule has 0 amide bonds. The molecule has 9 heteroatoms. The first-order valence-electron chi connectivity index (χ1n) is 15.2. The van der Waals surface area contributed by atoms with Gasteiger partial charge in [-0.25, -0.2) is 9.37 Å². The second-order valence-corrected chi connectivity index (χ2v) is 12.7. The van der Waals surface area contributed by atoms with Crippen molar-refractivity contribution < 1.29 is 14.2 Å². The molecular formula is C34H34FN5O3. The average Bonchev–Trinajstić information content (AvgIpc) is 3.65. The molecule has 4 atom stereocenters. The third kappa shape index (κ3) is 4.35. The Labute approximate surface area is 249 Å². The molecule has 2 bridgehead atoms. The van der Waals surface area contributed by atoms with Crippen LogP contribution in [0.3, 0.4) is 0 Å². The van der Waals surface area contributed by atoms with Crippen LogP contribution in [0.2, 0.25) is 0 Å². The Morgan fingerprint density at radius 2 is 1.98 bits per heavy atom. The summed E-state index contributed by atoms with van der Waals surface area (Å²) < 4.78 is 22.4. The average molecular weight is 580 g/mol. The highest BCUT2D eigenvalue weighted by molar-refractivity contribution is 5.97. The number of alkyl halides is 1. The maximum absolute atomic E-state index is 14.5. The number of phenols is 1. The zero-order chi connectivity index (χ0) is 29.3. The minimum absolute atomic E-state index is 0.0359. The Hall–Kier alpha value is -4.13. The molecule has 220 valence electrons. The SMILES string of the molecule is C#Cc1cccc2cc(O)cc(-n3ccc4c(N5CC6CCC(C5)N6)cc(OC[C@@]56CCCN5C[C@H](F)C6)nc4c3=O)c12. The number of benzene rings is 2. The van der Waals surface area contributed by atoms with Gasteiger partial charge in [0.1, 0.15) is 24.0 Å². The van der Waals surface area contributed by atoms with Crippen LogP contribution in [0.5, 0.6) is 11.6 Å². The van der Waals surface area contributed by atoms with E-state index in [9.17, 15) is 14.3 Å². The van der Waals surface area contributed by atoms with Gasteiger partial charge in [0, 0.05) is 72.8 Å². The number of hydrogen-bond acceptors (Lipinski definition) is 7. The molecular weight excluding hydrogens is 545 g/mol. The highest BCUT2D eigenvalue weighted by Gasteiger charge is 2.49. The topological polar surface area (TPSA) is 82.9 Å². The monoisotopic (exact) mass is 579 g/mol. The smallest absolute Gasteiger partial charge is 0.281 e. The number of aromatic nitrogens is 2. The lowest BCUT2D eigenvalue weighted by atomic mass is 9.95. The molecule has 4 aliphatic heterocycles. The summed E-state index contributed by atoms with van der Waals surface area (Å²) in [6.45, 7) is 3.34. The van der Waals surface area contributed by atoms with Crippen LogP contribution in [0, 0.1) is 12.3 Å². The Kier molecular flexibility index (Phi) is 6.14. The fraction of sp³-hybridized carbons (Fsp3) is 0.412. The molecule has 43 heavy (non-hydrogen) atoms. The molecule has 0 saturated carbocycles. The van der Waals surface area contributed by atoms with Gasteiger partial charge in [-0.15, -0.1) is 6.42 Å². The van der Waals surface area contributed by atoms with Crippen molar-refractivity contribution in [3.05, 3.63) is 64.6 Å². The van der Waals surface area contributed by atoms with Crippen LogP contribution in [0.15, 0.2) is 53.5 Å². The maximum Gasteiger partial charge on any atom is 0.281 e. The van der Waals surface area contributed by atoms with Crippen LogP contribution >= 0.6 is 0 Å². The van der Waals surface area contributed by atoms with Crippen LogP contribution in [0.25, 0.3) is 27.4 Å². The first-order chi connectivity index (χ1) is 20.9. The molecule has 0 radical (unpaired) electrons. The molecule has 2 N–H and O–H groups in total. The number of ether oxygens (including phenoxy) is 1. The summed E-state index contributed by atoms with van der Waals surface area (Å²) in [5.74, 6) is 3.13. The fourth-order valence-corrected chi connectivity index (χ4v) is 8.05. The molecule has 8 rings (SSSR count). The van der Waals surface area contributed by atoms with Crippen LogP contribution < -0.4 is 20.5 Å². The summed E-state index contributed by atoms with van der Waals surface area (Å²) in [6.07, 6.45) is 11.4. The van der Waals surface area contributed by atoms with Crippen molar-refractivity contribution in [1.29, 1.82) is 0 Å². The standard InChI is InChI=1S/C34H34FN5O3/c1-2-21-5-3-6-22-13-26(41)14-29(31(21)22)40-12-9-27-28(38-18-24-7-8-25(19-38)36-24)15-30(37-32(27)33(40)42)43-20-34-10-4-11-39(34)17-23(35)16-34/h1,3,5-6,9,12-15,23-25,36,41H,4,7-8,10-11,16-20H2/t23-,24?,25?,34+/m1/s1. The molecule has 0 spiro atoms. The summed E-state index contributed by atoms with van der Waals surface area (Å²) in [5.41, 5.74) is 1.67. The van der Waals surface area contributed by atoms with E-state index in [0.29, 0.717) is 54.2 Å². The first kappa shape index (κ1) is 26.5. The molecule has 2 aromatic carbocycles. The molecule has 4 saturated heterocycles. The number of nitrogens with zero attached hydrogens (tertiary/aromatic N) is 4. The minimum atomic E-state index is -0.849. The van der Waals surface area contributed by atoms with Gasteiger partial charge in [-0.1, -0.05) is 18.1 Å². The number of fused-ring (bicyclic) bond motifs is 5. The van der Waals surface area contributed by atoms with Gasteiger partial charge in [-0.2, -0.15) is 0 Å². The number of rotatable bonds is 5. The Bertz CT molecular complexity index is 1860. The van der Waals surface area contributed by atoms with Gasteiger partial charge in [0.2, 0.25) is 5.88 Å². The lowest BCUT2D eigenvalue weighted by Crippen LogP contribution is -2.51. The lowest BCUT2D eigenvalue weighted by molar-refractivity contribution is 0.111.